The van der Waals surface area contributed by atoms with Gasteiger partial charge in [-0.2, -0.15) is 9.40 Å². The van der Waals surface area contributed by atoms with E-state index < -0.39 is 10.0 Å². The molecule has 2 heterocycles. The number of ether oxygens (including phenoxy) is 1. The molecule has 108 valence electrons. The van der Waals surface area contributed by atoms with Crippen LogP contribution in [0.25, 0.3) is 0 Å². The average molecular weight is 287 g/mol. The number of nitrogens with zero attached hydrogens (tertiary/aromatic N) is 3. The van der Waals surface area contributed by atoms with Crippen molar-refractivity contribution in [1.29, 1.82) is 0 Å². The Hall–Kier alpha value is -0.920. The Kier molecular flexibility index (Phi) is 3.72. The molecule has 0 radical (unpaired) electrons. The molecule has 6 nitrogen and oxygen atoms in total. The first kappa shape index (κ1) is 14.5. The number of aryl methyl sites for hydroxylation is 2. The highest BCUT2D eigenvalue weighted by atomic mass is 32.2. The van der Waals surface area contributed by atoms with Crippen LogP contribution in [0.2, 0.25) is 0 Å². The van der Waals surface area contributed by atoms with E-state index in [1.165, 1.54) is 4.31 Å². The van der Waals surface area contributed by atoms with Gasteiger partial charge in [0.2, 0.25) is 10.0 Å². The number of hydrogen-bond acceptors (Lipinski definition) is 4. The van der Waals surface area contributed by atoms with Gasteiger partial charge in [-0.1, -0.05) is 0 Å². The molecule has 2 rings (SSSR count). The second kappa shape index (κ2) is 4.88. The molecule has 7 heteroatoms. The zero-order chi connectivity index (χ0) is 14.4. The Morgan fingerprint density at radius 2 is 1.74 bits per heavy atom. The van der Waals surface area contributed by atoms with Crippen molar-refractivity contribution in [3.8, 4) is 0 Å². The van der Waals surface area contributed by atoms with Crippen LogP contribution in [0.4, 0.5) is 0 Å². The highest BCUT2D eigenvalue weighted by Crippen LogP contribution is 2.25. The first-order valence-corrected chi connectivity index (χ1v) is 7.83. The Balaban J connectivity index is 2.42. The Labute approximate surface area is 114 Å². The molecular weight excluding hydrogens is 266 g/mol. The van der Waals surface area contributed by atoms with E-state index in [0.717, 1.165) is 0 Å². The van der Waals surface area contributed by atoms with Crippen LogP contribution in [-0.2, 0) is 21.8 Å². The number of sulfonamides is 1. The third-order valence-corrected chi connectivity index (χ3v) is 5.51. The van der Waals surface area contributed by atoms with Crippen LogP contribution in [0, 0.1) is 13.8 Å². The van der Waals surface area contributed by atoms with Crippen LogP contribution in [0.15, 0.2) is 4.90 Å². The fourth-order valence-electron chi connectivity index (χ4n) is 2.58. The predicted molar refractivity (Wildman–Crippen MR) is 71.4 cm³/mol. The summed E-state index contributed by atoms with van der Waals surface area (Å²) in [6, 6.07) is 0. The normalized spacial score (nSPS) is 25.7. The summed E-state index contributed by atoms with van der Waals surface area (Å²) in [6.45, 7) is 8.07. The minimum Gasteiger partial charge on any atom is -0.373 e. The van der Waals surface area contributed by atoms with E-state index in [-0.39, 0.29) is 12.2 Å². The minimum atomic E-state index is -3.50. The van der Waals surface area contributed by atoms with Crippen molar-refractivity contribution < 1.29 is 13.2 Å². The van der Waals surface area contributed by atoms with Crippen LogP contribution in [0.1, 0.15) is 25.2 Å². The summed E-state index contributed by atoms with van der Waals surface area (Å²) in [4.78, 5) is 0.330. The maximum atomic E-state index is 12.8. The molecule has 2 atom stereocenters. The third kappa shape index (κ3) is 2.54. The van der Waals surface area contributed by atoms with Gasteiger partial charge in [0, 0.05) is 20.1 Å². The predicted octanol–water partition coefficient (Wildman–Crippen LogP) is 0.835. The van der Waals surface area contributed by atoms with Crippen molar-refractivity contribution in [1.82, 2.24) is 14.1 Å². The van der Waals surface area contributed by atoms with E-state index >= 15 is 0 Å². The molecule has 19 heavy (non-hydrogen) atoms. The van der Waals surface area contributed by atoms with Gasteiger partial charge in [-0.3, -0.25) is 4.68 Å². The Morgan fingerprint density at radius 3 is 2.16 bits per heavy atom. The van der Waals surface area contributed by atoms with Crippen molar-refractivity contribution in [2.45, 2.75) is 44.8 Å². The van der Waals surface area contributed by atoms with Gasteiger partial charge in [0.05, 0.1) is 23.6 Å². The lowest BCUT2D eigenvalue weighted by atomic mass is 10.3. The fourth-order valence-corrected chi connectivity index (χ4v) is 4.57. The lowest BCUT2D eigenvalue weighted by Gasteiger charge is -2.34. The summed E-state index contributed by atoms with van der Waals surface area (Å²) < 4.78 is 34.2. The van der Waals surface area contributed by atoms with Crippen molar-refractivity contribution in [2.75, 3.05) is 13.1 Å². The maximum absolute atomic E-state index is 12.8. The monoisotopic (exact) mass is 287 g/mol. The summed E-state index contributed by atoms with van der Waals surface area (Å²) in [5.41, 5.74) is 1.22. The van der Waals surface area contributed by atoms with Crippen molar-refractivity contribution in [2.24, 2.45) is 7.05 Å². The van der Waals surface area contributed by atoms with E-state index in [4.69, 9.17) is 4.74 Å². The molecule has 1 aromatic rings. The molecule has 1 aromatic heterocycles. The maximum Gasteiger partial charge on any atom is 0.246 e. The molecule has 0 N–H and O–H groups in total. The van der Waals surface area contributed by atoms with Crippen LogP contribution < -0.4 is 0 Å². The molecule has 0 aliphatic carbocycles. The highest BCUT2D eigenvalue weighted by Gasteiger charge is 2.35. The zero-order valence-corrected chi connectivity index (χ0v) is 12.9. The standard InChI is InChI=1S/C12H21N3O3S/c1-8-6-15(7-9(2)18-8)19(16,17)12-10(3)13-14(5)11(12)4/h8-9H,6-7H2,1-5H3. The Bertz CT molecular complexity index is 569. The summed E-state index contributed by atoms with van der Waals surface area (Å²) in [6.07, 6.45) is -0.174. The van der Waals surface area contributed by atoms with Gasteiger partial charge in [-0.15, -0.1) is 0 Å². The van der Waals surface area contributed by atoms with Crippen molar-refractivity contribution in [3.63, 3.8) is 0 Å². The first-order valence-electron chi connectivity index (χ1n) is 6.39. The second-order valence-corrected chi connectivity index (χ2v) is 7.08. The van der Waals surface area contributed by atoms with Gasteiger partial charge in [0.15, 0.2) is 0 Å². The molecule has 1 aliphatic rings. The largest absolute Gasteiger partial charge is 0.373 e. The van der Waals surface area contributed by atoms with Crippen molar-refractivity contribution in [3.05, 3.63) is 11.4 Å². The summed E-state index contributed by atoms with van der Waals surface area (Å²) in [5, 5.41) is 4.19. The van der Waals surface area contributed by atoms with E-state index in [9.17, 15) is 8.42 Å². The van der Waals surface area contributed by atoms with Crippen LogP contribution >= 0.6 is 0 Å². The summed E-state index contributed by atoms with van der Waals surface area (Å²) >= 11 is 0. The van der Waals surface area contributed by atoms with Crippen LogP contribution in [0.5, 0.6) is 0 Å². The topological polar surface area (TPSA) is 64.4 Å². The quantitative estimate of drug-likeness (QED) is 0.808. The van der Waals surface area contributed by atoms with Gasteiger partial charge >= 0.3 is 0 Å². The van der Waals surface area contributed by atoms with Crippen LogP contribution in [-0.4, -0.2) is 47.8 Å². The molecule has 0 aromatic carbocycles. The summed E-state index contributed by atoms with van der Waals surface area (Å²) in [5.74, 6) is 0. The minimum absolute atomic E-state index is 0.0872. The molecule has 0 amide bonds. The first-order chi connectivity index (χ1) is 8.73. The lowest BCUT2D eigenvalue weighted by Crippen LogP contribution is -2.48. The molecule has 1 aliphatic heterocycles. The number of hydrogen-bond donors (Lipinski definition) is 0. The van der Waals surface area contributed by atoms with E-state index in [1.54, 1.807) is 25.6 Å². The van der Waals surface area contributed by atoms with E-state index in [1.807, 2.05) is 13.8 Å². The van der Waals surface area contributed by atoms with Gasteiger partial charge in [0.1, 0.15) is 4.90 Å². The SMILES string of the molecule is Cc1nn(C)c(C)c1S(=O)(=O)N1CC(C)OC(C)C1. The molecule has 0 bridgehead atoms. The van der Waals surface area contributed by atoms with Crippen LogP contribution in [0.3, 0.4) is 0 Å². The van der Waals surface area contributed by atoms with E-state index in [0.29, 0.717) is 29.4 Å². The third-order valence-electron chi connectivity index (χ3n) is 3.43. The molecule has 0 saturated carbocycles. The fraction of sp³-hybridized carbons (Fsp3) is 0.750. The number of aromatic nitrogens is 2. The molecule has 1 fully saturated rings. The molecule has 1 saturated heterocycles. The highest BCUT2D eigenvalue weighted by molar-refractivity contribution is 7.89. The smallest absolute Gasteiger partial charge is 0.246 e. The Morgan fingerprint density at radius 1 is 1.21 bits per heavy atom. The van der Waals surface area contributed by atoms with Crippen molar-refractivity contribution >= 4 is 10.0 Å². The number of morpholine rings is 1. The second-order valence-electron chi connectivity index (χ2n) is 5.20. The zero-order valence-electron chi connectivity index (χ0n) is 12.0. The lowest BCUT2D eigenvalue weighted by molar-refractivity contribution is -0.0441. The average Bonchev–Trinajstić information content (AvgIpc) is 2.51. The molecular formula is C12H21N3O3S. The summed E-state index contributed by atoms with van der Waals surface area (Å²) in [7, 11) is -1.74. The van der Waals surface area contributed by atoms with E-state index in [2.05, 4.69) is 5.10 Å². The molecule has 2 unspecified atom stereocenters. The number of rotatable bonds is 2. The van der Waals surface area contributed by atoms with Gasteiger partial charge < -0.3 is 4.74 Å². The van der Waals surface area contributed by atoms with Gasteiger partial charge in [0.25, 0.3) is 0 Å². The molecule has 0 spiro atoms. The van der Waals surface area contributed by atoms with Gasteiger partial charge in [-0.05, 0) is 27.7 Å². The van der Waals surface area contributed by atoms with Gasteiger partial charge in [-0.25, -0.2) is 8.42 Å².